The lowest BCUT2D eigenvalue weighted by atomic mass is 9.72. The fourth-order valence-corrected chi connectivity index (χ4v) is 5.36. The zero-order valence-corrected chi connectivity index (χ0v) is 19.9. The third-order valence-corrected chi connectivity index (χ3v) is 7.29. The van der Waals surface area contributed by atoms with Gasteiger partial charge in [0.05, 0.1) is 17.2 Å². The van der Waals surface area contributed by atoms with Crippen molar-refractivity contribution in [3.05, 3.63) is 83.2 Å². The van der Waals surface area contributed by atoms with Gasteiger partial charge >= 0.3 is 0 Å². The van der Waals surface area contributed by atoms with Crippen LogP contribution >= 0.6 is 0 Å². The molecular weight excluding hydrogens is 440 g/mol. The normalized spacial score (nSPS) is 19.5. The number of likely N-dealkylation sites (tertiary alicyclic amines) is 1. The van der Waals surface area contributed by atoms with E-state index in [1.165, 1.54) is 0 Å². The van der Waals surface area contributed by atoms with E-state index in [4.69, 9.17) is 15.5 Å². The number of carbonyl (C=O) groups is 2. The number of amides is 2. The number of carbonyl (C=O) groups excluding carboxylic acids is 2. The first-order chi connectivity index (χ1) is 17.0. The fraction of sp³-hybridized carbons (Fsp3) is 0.357. The highest BCUT2D eigenvalue weighted by atomic mass is 16.5. The second-order valence-electron chi connectivity index (χ2n) is 9.47. The van der Waals surface area contributed by atoms with Gasteiger partial charge in [-0.2, -0.15) is 0 Å². The molecule has 0 saturated carbocycles. The number of nitrogens with zero attached hydrogens (tertiary/aromatic N) is 3. The number of benzene rings is 2. The van der Waals surface area contributed by atoms with Crippen molar-refractivity contribution in [3.63, 3.8) is 0 Å². The Balaban J connectivity index is 1.46. The molecule has 0 aliphatic carbocycles. The van der Waals surface area contributed by atoms with Crippen molar-refractivity contribution in [2.24, 2.45) is 5.73 Å². The molecule has 1 unspecified atom stereocenters. The Morgan fingerprint density at radius 1 is 1.09 bits per heavy atom. The Labute approximate surface area is 205 Å². The van der Waals surface area contributed by atoms with Crippen molar-refractivity contribution >= 4 is 11.8 Å². The Hall–Kier alpha value is -3.58. The lowest BCUT2D eigenvalue weighted by Gasteiger charge is -2.41. The lowest BCUT2D eigenvalue weighted by Crippen LogP contribution is -2.49. The summed E-state index contributed by atoms with van der Waals surface area (Å²) in [6.07, 6.45) is 4.90. The molecule has 35 heavy (non-hydrogen) atoms. The van der Waals surface area contributed by atoms with Crippen LogP contribution in [0.3, 0.4) is 0 Å². The minimum Gasteiger partial charge on any atom is -0.381 e. The van der Waals surface area contributed by atoms with Gasteiger partial charge in [-0.3, -0.25) is 9.59 Å². The van der Waals surface area contributed by atoms with Crippen molar-refractivity contribution < 1.29 is 14.3 Å². The van der Waals surface area contributed by atoms with Crippen molar-refractivity contribution in [2.75, 3.05) is 19.8 Å². The van der Waals surface area contributed by atoms with Crippen LogP contribution in [0.4, 0.5) is 0 Å². The van der Waals surface area contributed by atoms with Gasteiger partial charge in [0, 0.05) is 37.1 Å². The largest absolute Gasteiger partial charge is 0.381 e. The van der Waals surface area contributed by atoms with Crippen LogP contribution in [0.2, 0.25) is 0 Å². The van der Waals surface area contributed by atoms with Gasteiger partial charge in [0.15, 0.2) is 5.82 Å². The summed E-state index contributed by atoms with van der Waals surface area (Å²) in [5.74, 6) is 0.263. The molecule has 0 bridgehead atoms. The molecule has 2 aliphatic heterocycles. The van der Waals surface area contributed by atoms with Gasteiger partial charge in [0.25, 0.3) is 0 Å². The Morgan fingerprint density at radius 2 is 1.86 bits per heavy atom. The number of aryl methyl sites for hydroxylation is 1. The molecule has 2 saturated heterocycles. The maximum Gasteiger partial charge on any atom is 0.248 e. The first kappa shape index (κ1) is 23.2. The van der Waals surface area contributed by atoms with Crippen molar-refractivity contribution in [1.82, 2.24) is 14.9 Å². The summed E-state index contributed by atoms with van der Waals surface area (Å²) in [5, 5.41) is 0. The van der Waals surface area contributed by atoms with E-state index in [1.807, 2.05) is 17.0 Å². The van der Waals surface area contributed by atoms with Crippen molar-refractivity contribution in [3.8, 4) is 11.4 Å². The smallest absolute Gasteiger partial charge is 0.248 e. The highest BCUT2D eigenvalue weighted by Crippen LogP contribution is 2.42. The first-order valence-electron chi connectivity index (χ1n) is 12.2. The van der Waals surface area contributed by atoms with E-state index in [-0.39, 0.29) is 11.9 Å². The number of primary amides is 1. The SMILES string of the molecule is Cc1cccc(C2(C(=O)N3CCCC3c3ccnc(-c4ccc(C(N)=O)cc4)n3)CCOCC2)c1. The zero-order valence-electron chi connectivity index (χ0n) is 19.9. The highest BCUT2D eigenvalue weighted by molar-refractivity contribution is 5.93. The van der Waals surface area contributed by atoms with Crippen LogP contribution in [-0.2, 0) is 14.9 Å². The number of nitrogens with two attached hydrogens (primary N) is 1. The molecule has 5 rings (SSSR count). The molecule has 2 aliphatic rings. The summed E-state index contributed by atoms with van der Waals surface area (Å²) in [6.45, 7) is 3.94. The topological polar surface area (TPSA) is 98.4 Å². The van der Waals surface area contributed by atoms with E-state index in [1.54, 1.807) is 30.5 Å². The van der Waals surface area contributed by atoms with Crippen LogP contribution in [0.15, 0.2) is 60.8 Å². The number of ether oxygens (including phenoxy) is 1. The number of aromatic nitrogens is 2. The summed E-state index contributed by atoms with van der Waals surface area (Å²) in [5.41, 5.74) is 9.10. The molecule has 7 heteroatoms. The van der Waals surface area contributed by atoms with Gasteiger partial charge in [-0.1, -0.05) is 42.0 Å². The van der Waals surface area contributed by atoms with E-state index in [9.17, 15) is 9.59 Å². The van der Waals surface area contributed by atoms with Crippen LogP contribution in [-0.4, -0.2) is 46.4 Å². The van der Waals surface area contributed by atoms with Crippen molar-refractivity contribution in [1.29, 1.82) is 0 Å². The zero-order chi connectivity index (χ0) is 24.4. The predicted octanol–water partition coefficient (Wildman–Crippen LogP) is 3.96. The number of hydrogen-bond acceptors (Lipinski definition) is 5. The molecule has 7 nitrogen and oxygen atoms in total. The molecule has 3 aromatic rings. The van der Waals surface area contributed by atoms with E-state index < -0.39 is 11.3 Å². The van der Waals surface area contributed by atoms with Gasteiger partial charge in [0.2, 0.25) is 11.8 Å². The van der Waals surface area contributed by atoms with Gasteiger partial charge in [0.1, 0.15) is 0 Å². The monoisotopic (exact) mass is 470 g/mol. The third kappa shape index (κ3) is 4.44. The molecule has 2 amide bonds. The van der Waals surface area contributed by atoms with Gasteiger partial charge < -0.3 is 15.4 Å². The fourth-order valence-electron chi connectivity index (χ4n) is 5.36. The van der Waals surface area contributed by atoms with Gasteiger partial charge in [-0.25, -0.2) is 9.97 Å². The van der Waals surface area contributed by atoms with E-state index in [0.29, 0.717) is 44.0 Å². The predicted molar refractivity (Wildman–Crippen MR) is 133 cm³/mol. The molecule has 0 spiro atoms. The second kappa shape index (κ2) is 9.58. The lowest BCUT2D eigenvalue weighted by molar-refractivity contribution is -0.142. The van der Waals surface area contributed by atoms with Crippen molar-refractivity contribution in [2.45, 2.75) is 44.1 Å². The molecule has 2 N–H and O–H groups in total. The average molecular weight is 471 g/mol. The average Bonchev–Trinajstić information content (AvgIpc) is 3.39. The highest BCUT2D eigenvalue weighted by Gasteiger charge is 2.47. The summed E-state index contributed by atoms with van der Waals surface area (Å²) >= 11 is 0. The maximum absolute atomic E-state index is 14.3. The van der Waals surface area contributed by atoms with Crippen LogP contribution in [0.5, 0.6) is 0 Å². The maximum atomic E-state index is 14.3. The van der Waals surface area contributed by atoms with E-state index in [2.05, 4.69) is 30.1 Å². The Morgan fingerprint density at radius 3 is 2.57 bits per heavy atom. The molecule has 2 fully saturated rings. The minimum atomic E-state index is -0.576. The number of hydrogen-bond donors (Lipinski definition) is 1. The van der Waals surface area contributed by atoms with Crippen LogP contribution in [0.1, 0.15) is 58.9 Å². The summed E-state index contributed by atoms with van der Waals surface area (Å²) in [7, 11) is 0. The minimum absolute atomic E-state index is 0.0985. The molecule has 180 valence electrons. The number of rotatable bonds is 5. The molecule has 1 aromatic heterocycles. The molecular formula is C28H30N4O3. The third-order valence-electron chi connectivity index (χ3n) is 7.29. The van der Waals surface area contributed by atoms with E-state index >= 15 is 0 Å². The first-order valence-corrected chi connectivity index (χ1v) is 12.2. The summed E-state index contributed by atoms with van der Waals surface area (Å²) < 4.78 is 5.67. The van der Waals surface area contributed by atoms with Crippen LogP contribution in [0, 0.1) is 6.92 Å². The standard InChI is InChI=1S/C28H30N4O3/c1-19-4-2-5-22(18-19)28(12-16-35-17-13-28)27(34)32-15-3-6-24(32)23-11-14-30-26(31-23)21-9-7-20(8-10-21)25(29)33/h2,4-5,7-11,14,18,24H,3,6,12-13,15-17H2,1H3,(H2,29,33). The summed E-state index contributed by atoms with van der Waals surface area (Å²) in [4.78, 5) is 37.0. The molecule has 3 heterocycles. The Bertz CT molecular complexity index is 1230. The molecule has 2 aromatic carbocycles. The van der Waals surface area contributed by atoms with Gasteiger partial charge in [-0.15, -0.1) is 0 Å². The van der Waals surface area contributed by atoms with E-state index in [0.717, 1.165) is 35.2 Å². The van der Waals surface area contributed by atoms with Crippen LogP contribution < -0.4 is 5.73 Å². The van der Waals surface area contributed by atoms with Gasteiger partial charge in [-0.05, 0) is 56.4 Å². The molecule has 1 atom stereocenters. The van der Waals surface area contributed by atoms with Crippen LogP contribution in [0.25, 0.3) is 11.4 Å². The Kier molecular flexibility index (Phi) is 6.34. The molecule has 0 radical (unpaired) electrons. The summed E-state index contributed by atoms with van der Waals surface area (Å²) in [6, 6.07) is 17.1. The second-order valence-corrected chi connectivity index (χ2v) is 9.47. The quantitative estimate of drug-likeness (QED) is 0.609.